The summed E-state index contributed by atoms with van der Waals surface area (Å²) in [5.74, 6) is -4.18. The van der Waals surface area contributed by atoms with Crippen molar-refractivity contribution in [3.05, 3.63) is 60.2 Å². The van der Waals surface area contributed by atoms with Crippen molar-refractivity contribution in [2.24, 2.45) is 20.5 Å². The Bertz CT molecular complexity index is 2750. The van der Waals surface area contributed by atoms with Crippen LogP contribution >= 0.6 is 24.4 Å². The van der Waals surface area contributed by atoms with Crippen molar-refractivity contribution in [2.45, 2.75) is 19.6 Å². The topological polar surface area (TPSA) is 406 Å². The maximum atomic E-state index is 12.8. The van der Waals surface area contributed by atoms with E-state index >= 15 is 0 Å². The fraction of sp³-hybridized carbons (Fsp3) is 0.148. The first-order chi connectivity index (χ1) is 27.6. The average Bonchev–Trinajstić information content (AvgIpc) is 3.15. The molecule has 0 aromatic heterocycles. The Morgan fingerprint density at radius 3 is 2.03 bits per heavy atom. The van der Waals surface area contributed by atoms with Crippen LogP contribution in [0.25, 0.3) is 10.8 Å². The summed E-state index contributed by atoms with van der Waals surface area (Å²) in [5.41, 5.74) is 2.53. The van der Waals surface area contributed by atoms with Gasteiger partial charge in [-0.3, -0.25) is 13.3 Å². The summed E-state index contributed by atoms with van der Waals surface area (Å²) in [6.07, 6.45) is 0. The predicted molar refractivity (Wildman–Crippen MR) is 199 cm³/mol. The minimum atomic E-state index is -5.29. The third-order valence-electron chi connectivity index (χ3n) is 7.13. The highest BCUT2D eigenvalue weighted by atomic mass is 32.3. The fourth-order valence-corrected chi connectivity index (χ4v) is 8.75. The number of sulfone groups is 2. The number of carboxylic acids is 1. The highest BCUT2D eigenvalue weighted by Crippen LogP contribution is 2.49. The molecule has 0 saturated carbocycles. The van der Waals surface area contributed by atoms with Crippen LogP contribution in [0.2, 0.25) is 0 Å². The van der Waals surface area contributed by atoms with Gasteiger partial charge in [-0.1, -0.05) is 16.1 Å². The Labute approximate surface area is 340 Å². The van der Waals surface area contributed by atoms with E-state index in [4.69, 9.17) is 25.0 Å². The van der Waals surface area contributed by atoms with Crippen molar-refractivity contribution < 1.29 is 95.4 Å². The molecule has 0 aliphatic rings. The van der Waals surface area contributed by atoms with E-state index in [0.29, 0.717) is 6.07 Å². The number of nitrogens with zero attached hydrogens (tertiary/aromatic N) is 4. The van der Waals surface area contributed by atoms with Gasteiger partial charge < -0.3 is 15.9 Å². The molecule has 4 rings (SSSR count). The van der Waals surface area contributed by atoms with Gasteiger partial charge in [0.2, 0.25) is 0 Å². The van der Waals surface area contributed by atoms with Crippen LogP contribution in [0.4, 0.5) is 28.4 Å². The van der Waals surface area contributed by atoms with E-state index in [1.54, 1.807) is 0 Å². The van der Waals surface area contributed by atoms with Gasteiger partial charge >= 0.3 is 16.4 Å². The Hall–Kier alpha value is -4.49. The van der Waals surface area contributed by atoms with Gasteiger partial charge in [0.05, 0.1) is 73.8 Å². The van der Waals surface area contributed by atoms with Crippen molar-refractivity contribution in [3.63, 3.8) is 0 Å². The normalized spacial score (nSPS) is 12.9. The van der Waals surface area contributed by atoms with E-state index in [0.717, 1.165) is 30.3 Å². The van der Waals surface area contributed by atoms with Crippen molar-refractivity contribution in [3.8, 4) is 5.75 Å². The second kappa shape index (κ2) is 19.7. The van der Waals surface area contributed by atoms with Gasteiger partial charge in [-0.05, 0) is 53.9 Å². The van der Waals surface area contributed by atoms with E-state index in [1.165, 1.54) is 18.2 Å². The van der Waals surface area contributed by atoms with Crippen molar-refractivity contribution in [2.75, 3.05) is 30.5 Å². The Balaban J connectivity index is 1.85. The average molecular weight is 948 g/mol. The maximum Gasteiger partial charge on any atom is 0.397 e. The monoisotopic (exact) mass is 947 g/mol. The lowest BCUT2D eigenvalue weighted by Crippen LogP contribution is -2.15. The third kappa shape index (κ3) is 12.5. The maximum absolute atomic E-state index is 12.8. The molecule has 0 atom stereocenters. The summed E-state index contributed by atoms with van der Waals surface area (Å²) < 4.78 is 134. The van der Waals surface area contributed by atoms with Crippen molar-refractivity contribution >= 4 is 110 Å². The number of hydrogen-bond acceptors (Lipinski definition) is 25. The molecule has 0 radical (unpaired) electrons. The number of phenolic OH excluding ortho intramolecular Hbond substituents is 1. The molecular formula is C27H25N5O21S6. The van der Waals surface area contributed by atoms with Crippen molar-refractivity contribution in [1.82, 2.24) is 0 Å². The number of hydrogen-bond donors (Lipinski definition) is 7. The van der Waals surface area contributed by atoms with Gasteiger partial charge in [0, 0.05) is 0 Å². The standard InChI is InChI=1S/C27H25N5O21S6/c28-23-22-14(10-20(54-52-50-36)24(26(22)33)31-29-15-2-1-3-16(12-15)56(38,39)8-6-48-55-53-51-37)11-21(58(42,43)44)25(23)32-30-19-13-17(4-5-18(19)27(34)35)57(40,41)9-7-49-59(45,46)47/h1-5,10-13,33,36-37H,6-9,28H2,(H,34,35)(H,42,43,44)(H,45,46,47). The van der Waals surface area contributed by atoms with E-state index in [9.17, 15) is 53.2 Å². The lowest BCUT2D eigenvalue weighted by Gasteiger charge is -2.14. The Kier molecular flexibility index (Phi) is 15.8. The molecule has 59 heavy (non-hydrogen) atoms. The third-order valence-corrected chi connectivity index (χ3v) is 12.8. The molecule has 4 aromatic rings. The molecule has 26 nitrogen and oxygen atoms in total. The number of carbonyl (C=O) groups is 1. The van der Waals surface area contributed by atoms with E-state index in [-0.39, 0.29) is 45.2 Å². The minimum Gasteiger partial charge on any atom is -0.505 e. The molecule has 0 aliphatic carbocycles. The van der Waals surface area contributed by atoms with Crippen LogP contribution in [0.1, 0.15) is 10.4 Å². The number of anilines is 1. The number of carboxylic acid groups (broad SMARTS) is 1. The molecular weight excluding hydrogens is 923 g/mol. The van der Waals surface area contributed by atoms with Gasteiger partial charge in [-0.15, -0.1) is 24.0 Å². The molecule has 320 valence electrons. The molecule has 0 bridgehead atoms. The zero-order valence-electron chi connectivity index (χ0n) is 28.6. The van der Waals surface area contributed by atoms with Crippen LogP contribution in [-0.4, -0.2) is 94.2 Å². The van der Waals surface area contributed by atoms with Gasteiger partial charge in [-0.25, -0.2) is 36.3 Å². The van der Waals surface area contributed by atoms with Crippen LogP contribution in [0.3, 0.4) is 0 Å². The molecule has 32 heteroatoms. The van der Waals surface area contributed by atoms with E-state index < -0.39 is 120 Å². The van der Waals surface area contributed by atoms with Gasteiger partial charge in [0.1, 0.15) is 22.0 Å². The number of aromatic carboxylic acids is 1. The summed E-state index contributed by atoms with van der Waals surface area (Å²) in [4.78, 5) is 9.73. The van der Waals surface area contributed by atoms with E-state index in [1.807, 2.05) is 0 Å². The number of aromatic hydroxyl groups is 1. The number of benzene rings is 4. The smallest absolute Gasteiger partial charge is 0.397 e. The van der Waals surface area contributed by atoms with Crippen LogP contribution < -0.4 is 5.73 Å². The molecule has 0 heterocycles. The minimum absolute atomic E-state index is 0.109. The lowest BCUT2D eigenvalue weighted by atomic mass is 10.1. The Morgan fingerprint density at radius 2 is 1.41 bits per heavy atom. The number of rotatable bonds is 21. The number of phenols is 1. The van der Waals surface area contributed by atoms with E-state index in [2.05, 4.69) is 43.4 Å². The molecule has 8 N–H and O–H groups in total. The predicted octanol–water partition coefficient (Wildman–Crippen LogP) is 4.70. The molecule has 0 fully saturated rings. The summed E-state index contributed by atoms with van der Waals surface area (Å²) in [5, 5.41) is 59.5. The second-order valence-electron chi connectivity index (χ2n) is 10.8. The van der Waals surface area contributed by atoms with Gasteiger partial charge in [0.15, 0.2) is 37.7 Å². The fourth-order valence-electron chi connectivity index (χ4n) is 4.64. The summed E-state index contributed by atoms with van der Waals surface area (Å²) in [7, 11) is -18.8. The van der Waals surface area contributed by atoms with Crippen LogP contribution in [0.5, 0.6) is 5.75 Å². The number of azo groups is 2. The van der Waals surface area contributed by atoms with Gasteiger partial charge in [0.25, 0.3) is 10.1 Å². The van der Waals surface area contributed by atoms with Crippen LogP contribution in [0, 0.1) is 0 Å². The molecule has 0 saturated heterocycles. The molecule has 4 aromatic carbocycles. The van der Waals surface area contributed by atoms with Gasteiger partial charge in [-0.2, -0.15) is 21.9 Å². The zero-order valence-corrected chi connectivity index (χ0v) is 33.5. The molecule has 0 amide bonds. The first-order valence-electron chi connectivity index (χ1n) is 15.0. The summed E-state index contributed by atoms with van der Waals surface area (Å²) >= 11 is 0.355. The van der Waals surface area contributed by atoms with Crippen LogP contribution in [0.15, 0.2) is 94.6 Å². The first-order valence-corrected chi connectivity index (χ1v) is 22.5. The van der Waals surface area contributed by atoms with Crippen molar-refractivity contribution in [1.29, 1.82) is 0 Å². The Morgan fingerprint density at radius 1 is 0.763 bits per heavy atom. The highest BCUT2D eigenvalue weighted by molar-refractivity contribution is 7.94. The van der Waals surface area contributed by atoms with Crippen LogP contribution in [-0.2, 0) is 67.3 Å². The summed E-state index contributed by atoms with van der Waals surface area (Å²) in [6, 6.07) is 8.95. The molecule has 0 aliphatic heterocycles. The molecule has 0 unspecified atom stereocenters. The SMILES string of the molecule is Nc1c(N=Nc2cc(S(=O)(=O)CCOS(=O)(=O)O)ccc2C(=O)O)c(S(=O)(=O)O)cc2cc(SOOO)c(N=Nc3cccc(S(=O)(=O)CCOSOOO)c3)c(O)c12. The lowest BCUT2D eigenvalue weighted by molar-refractivity contribution is -0.434. The number of fused-ring (bicyclic) bond motifs is 1. The summed E-state index contributed by atoms with van der Waals surface area (Å²) in [6.45, 7) is -1.45. The quantitative estimate of drug-likeness (QED) is 0.0113. The first kappa shape index (κ1) is 47.2. The second-order valence-corrected chi connectivity index (χ2v) is 18.8. The number of nitrogens with two attached hydrogens (primary N) is 1. The zero-order chi connectivity index (χ0) is 43.8. The highest BCUT2D eigenvalue weighted by Gasteiger charge is 2.27. The number of nitrogen functional groups attached to an aromatic ring is 1. The molecule has 0 spiro atoms. The largest absolute Gasteiger partial charge is 0.505 e.